The van der Waals surface area contributed by atoms with Crippen molar-refractivity contribution in [3.63, 3.8) is 0 Å². The van der Waals surface area contributed by atoms with E-state index in [1.807, 2.05) is 6.07 Å². The van der Waals surface area contributed by atoms with Gasteiger partial charge in [0, 0.05) is 24.0 Å². The number of ether oxygens (including phenoxy) is 3. The number of hydrogen-bond donors (Lipinski definition) is 3. The summed E-state index contributed by atoms with van der Waals surface area (Å²) in [6.07, 6.45) is 5.26. The van der Waals surface area contributed by atoms with Crippen molar-refractivity contribution in [3.8, 4) is 0 Å². The zero-order valence-electron chi connectivity index (χ0n) is 23.7. The molecular formula is C31H44O9. The van der Waals surface area contributed by atoms with E-state index in [2.05, 4.69) is 6.92 Å². The van der Waals surface area contributed by atoms with E-state index in [1.54, 1.807) is 13.2 Å². The third-order valence-electron chi connectivity index (χ3n) is 12.1. The SMILES string of the molecule is CO[C@H]1[C@H](O)[C@H](O[C@H]2CC[C@@]3(C=O)[C@@H](CC[C@@H]4[C@@H]3CC[C@]3(C)[C@@H](c5ccc(=O)oc5)CC[C@]43O)C2)O[C@@H](C)[C@@H]1O. The molecule has 1 saturated heterocycles. The second-order valence-corrected chi connectivity index (χ2v) is 13.5. The molecule has 0 aromatic carbocycles. The van der Waals surface area contributed by atoms with Crippen LogP contribution in [0.3, 0.4) is 0 Å². The van der Waals surface area contributed by atoms with E-state index in [-0.39, 0.29) is 40.8 Å². The monoisotopic (exact) mass is 560 g/mol. The zero-order valence-corrected chi connectivity index (χ0v) is 23.7. The predicted molar refractivity (Wildman–Crippen MR) is 143 cm³/mol. The summed E-state index contributed by atoms with van der Waals surface area (Å²) in [5, 5.41) is 33.5. The fourth-order valence-corrected chi connectivity index (χ4v) is 9.91. The highest BCUT2D eigenvalue weighted by Crippen LogP contribution is 2.70. The molecule has 0 unspecified atom stereocenters. The van der Waals surface area contributed by atoms with E-state index in [0.29, 0.717) is 25.7 Å². The Hall–Kier alpha value is -1.62. The molecule has 1 aromatic heterocycles. The molecule has 13 atom stereocenters. The Kier molecular flexibility index (Phi) is 7.32. The van der Waals surface area contributed by atoms with Crippen LogP contribution >= 0.6 is 0 Å². The van der Waals surface area contributed by atoms with Crippen LogP contribution in [-0.4, -0.2) is 71.1 Å². The molecule has 5 fully saturated rings. The molecule has 5 aliphatic rings. The fourth-order valence-electron chi connectivity index (χ4n) is 9.91. The summed E-state index contributed by atoms with van der Waals surface area (Å²) < 4.78 is 22.6. The summed E-state index contributed by atoms with van der Waals surface area (Å²) in [7, 11) is 1.46. The third-order valence-corrected chi connectivity index (χ3v) is 12.1. The highest BCUT2D eigenvalue weighted by molar-refractivity contribution is 5.62. The van der Waals surface area contributed by atoms with Crippen molar-refractivity contribution in [1.29, 1.82) is 0 Å². The van der Waals surface area contributed by atoms with E-state index in [1.165, 1.54) is 19.5 Å². The van der Waals surface area contributed by atoms with Crippen molar-refractivity contribution >= 4 is 6.29 Å². The van der Waals surface area contributed by atoms with Gasteiger partial charge in [-0.25, -0.2) is 4.79 Å². The van der Waals surface area contributed by atoms with Gasteiger partial charge in [0.25, 0.3) is 0 Å². The van der Waals surface area contributed by atoms with Gasteiger partial charge in [-0.1, -0.05) is 6.92 Å². The van der Waals surface area contributed by atoms with Crippen LogP contribution < -0.4 is 5.63 Å². The van der Waals surface area contributed by atoms with Gasteiger partial charge in [0.2, 0.25) is 0 Å². The Balaban J connectivity index is 1.19. The Labute approximate surface area is 235 Å². The summed E-state index contributed by atoms with van der Waals surface area (Å²) in [5.74, 6) is 0.398. The summed E-state index contributed by atoms with van der Waals surface area (Å²) >= 11 is 0. The van der Waals surface area contributed by atoms with Crippen molar-refractivity contribution in [2.75, 3.05) is 7.11 Å². The van der Waals surface area contributed by atoms with Crippen molar-refractivity contribution in [1.82, 2.24) is 0 Å². The minimum Gasteiger partial charge on any atom is -0.431 e. The molecule has 222 valence electrons. The maximum Gasteiger partial charge on any atom is 0.335 e. The lowest BCUT2D eigenvalue weighted by atomic mass is 9.43. The minimum atomic E-state index is -1.11. The molecule has 1 aromatic rings. The van der Waals surface area contributed by atoms with Crippen LogP contribution in [0.2, 0.25) is 0 Å². The van der Waals surface area contributed by atoms with Gasteiger partial charge in [-0.3, -0.25) is 0 Å². The first-order valence-corrected chi connectivity index (χ1v) is 15.1. The van der Waals surface area contributed by atoms with E-state index < -0.39 is 41.7 Å². The number of carbonyl (C=O) groups is 1. The van der Waals surface area contributed by atoms with Gasteiger partial charge < -0.3 is 38.7 Å². The van der Waals surface area contributed by atoms with Gasteiger partial charge in [0.05, 0.1) is 24.1 Å². The molecule has 0 bridgehead atoms. The van der Waals surface area contributed by atoms with Gasteiger partial charge in [0.1, 0.15) is 24.6 Å². The largest absolute Gasteiger partial charge is 0.431 e. The Morgan fingerprint density at radius 2 is 1.82 bits per heavy atom. The average Bonchev–Trinajstić information content (AvgIpc) is 3.23. The number of aldehydes is 1. The van der Waals surface area contributed by atoms with Crippen LogP contribution in [0.5, 0.6) is 0 Å². The molecule has 4 aliphatic carbocycles. The molecule has 1 aliphatic heterocycles. The van der Waals surface area contributed by atoms with Crippen molar-refractivity contribution in [2.45, 2.75) is 120 Å². The van der Waals surface area contributed by atoms with E-state index >= 15 is 0 Å². The van der Waals surface area contributed by atoms with Gasteiger partial charge in [-0.2, -0.15) is 0 Å². The summed E-state index contributed by atoms with van der Waals surface area (Å²) in [6, 6.07) is 3.30. The number of methoxy groups -OCH3 is 1. The lowest BCUT2D eigenvalue weighted by Crippen LogP contribution is -2.63. The molecule has 9 heteroatoms. The third kappa shape index (κ3) is 4.10. The summed E-state index contributed by atoms with van der Waals surface area (Å²) in [5.41, 5.74) is -1.12. The lowest BCUT2D eigenvalue weighted by molar-refractivity contribution is -0.312. The van der Waals surface area contributed by atoms with Crippen molar-refractivity contribution in [2.24, 2.45) is 28.6 Å². The number of carbonyl (C=O) groups excluding carboxylic acids is 1. The summed E-state index contributed by atoms with van der Waals surface area (Å²) in [4.78, 5) is 24.6. The van der Waals surface area contributed by atoms with E-state index in [9.17, 15) is 24.9 Å². The zero-order chi connectivity index (χ0) is 28.4. The smallest absolute Gasteiger partial charge is 0.335 e. The molecule has 2 heterocycles. The normalized spacial score (nSPS) is 50.5. The Morgan fingerprint density at radius 3 is 2.52 bits per heavy atom. The topological polar surface area (TPSA) is 136 Å². The van der Waals surface area contributed by atoms with Gasteiger partial charge in [-0.15, -0.1) is 0 Å². The van der Waals surface area contributed by atoms with Crippen LogP contribution in [-0.2, 0) is 19.0 Å². The molecule has 0 spiro atoms. The number of aliphatic hydroxyl groups excluding tert-OH is 2. The maximum absolute atomic E-state index is 13.0. The Morgan fingerprint density at radius 1 is 1.02 bits per heavy atom. The van der Waals surface area contributed by atoms with Gasteiger partial charge >= 0.3 is 5.63 Å². The van der Waals surface area contributed by atoms with Crippen LogP contribution in [0.25, 0.3) is 0 Å². The molecule has 4 saturated carbocycles. The van der Waals surface area contributed by atoms with Crippen LogP contribution in [0.15, 0.2) is 27.6 Å². The van der Waals surface area contributed by atoms with Crippen LogP contribution in [0.1, 0.15) is 83.1 Å². The minimum absolute atomic E-state index is 0.0409. The molecule has 0 radical (unpaired) electrons. The maximum atomic E-state index is 13.0. The second-order valence-electron chi connectivity index (χ2n) is 13.5. The molecule has 6 rings (SSSR count). The van der Waals surface area contributed by atoms with Crippen molar-refractivity contribution in [3.05, 3.63) is 34.4 Å². The lowest BCUT2D eigenvalue weighted by Gasteiger charge is -2.63. The number of hydrogen-bond acceptors (Lipinski definition) is 9. The predicted octanol–water partition coefficient (Wildman–Crippen LogP) is 2.93. The quantitative estimate of drug-likeness (QED) is 0.367. The second kappa shape index (κ2) is 10.3. The van der Waals surface area contributed by atoms with E-state index in [4.69, 9.17) is 18.6 Å². The Bertz CT molecular complexity index is 1130. The number of fused-ring (bicyclic) bond motifs is 5. The summed E-state index contributed by atoms with van der Waals surface area (Å²) in [6.45, 7) is 3.93. The number of rotatable bonds is 5. The average molecular weight is 561 g/mol. The first-order chi connectivity index (χ1) is 19.1. The van der Waals surface area contributed by atoms with Gasteiger partial charge in [0.15, 0.2) is 6.29 Å². The first kappa shape index (κ1) is 28.5. The van der Waals surface area contributed by atoms with Crippen molar-refractivity contribution < 1.29 is 38.7 Å². The van der Waals surface area contributed by atoms with Crippen LogP contribution in [0.4, 0.5) is 0 Å². The molecule has 40 heavy (non-hydrogen) atoms. The first-order valence-electron chi connectivity index (χ1n) is 15.1. The molecule has 9 nitrogen and oxygen atoms in total. The molecule has 0 amide bonds. The standard InChI is InChI=1S/C31H44O9/c1-17-25(34)27(37-3)26(35)28(39-17)40-20-8-12-30(16-32)19(14-20)5-6-23-22(30)9-11-29(2)21(10-13-31(23,29)36)18-4-7-24(33)38-15-18/h4,7,15-17,19-23,25-28,34-36H,5-6,8-14H2,1-3H3/t17-,19-,20-,21+,22-,23+,25-,26-,27+,28-,29+,30+,31-/m0/s1. The fraction of sp³-hybridized carbons (Fsp3) is 0.806. The van der Waals surface area contributed by atoms with E-state index in [0.717, 1.165) is 37.7 Å². The number of aliphatic hydroxyl groups is 3. The van der Waals surface area contributed by atoms with Gasteiger partial charge in [-0.05, 0) is 100 Å². The highest BCUT2D eigenvalue weighted by atomic mass is 16.7. The molecular weight excluding hydrogens is 516 g/mol. The van der Waals surface area contributed by atoms with Crippen LogP contribution in [0, 0.1) is 28.6 Å². The molecule has 3 N–H and O–H groups in total. The highest BCUT2D eigenvalue weighted by Gasteiger charge is 2.68.